The molecule has 0 fully saturated rings. The van der Waals surface area contributed by atoms with E-state index in [1.807, 2.05) is 0 Å². The van der Waals surface area contributed by atoms with Gasteiger partial charge < -0.3 is 15.2 Å². The lowest BCUT2D eigenvalue weighted by Crippen LogP contribution is -2.15. The van der Waals surface area contributed by atoms with Gasteiger partial charge in [-0.15, -0.1) is 0 Å². The molecule has 1 aromatic rings. The Balaban J connectivity index is 2.66. The molecule has 0 saturated carbocycles. The van der Waals surface area contributed by atoms with E-state index in [2.05, 4.69) is 4.74 Å². The number of hydrogen-bond donors (Lipinski definition) is 1. The van der Waals surface area contributed by atoms with E-state index >= 15 is 0 Å². The zero-order valence-electron chi connectivity index (χ0n) is 9.15. The van der Waals surface area contributed by atoms with Crippen LogP contribution < -0.4 is 5.73 Å². The molecule has 2 N–H and O–H groups in total. The topological polar surface area (TPSA) is 78.6 Å². The summed E-state index contributed by atoms with van der Waals surface area (Å²) in [5.74, 6) is -1.17. The van der Waals surface area contributed by atoms with Crippen molar-refractivity contribution in [3.63, 3.8) is 0 Å². The number of anilines is 1. The normalized spacial score (nSPS) is 9.62. The van der Waals surface area contributed by atoms with Crippen molar-refractivity contribution in [3.8, 4) is 0 Å². The lowest BCUT2D eigenvalue weighted by molar-refractivity contribution is -0.144. The summed E-state index contributed by atoms with van der Waals surface area (Å²) in [5, 5.41) is 0. The van der Waals surface area contributed by atoms with Crippen LogP contribution in [0.15, 0.2) is 18.2 Å². The van der Waals surface area contributed by atoms with Crippen LogP contribution in [0.3, 0.4) is 0 Å². The quantitative estimate of drug-likeness (QED) is 0.608. The Hall–Kier alpha value is -2.04. The van der Waals surface area contributed by atoms with Crippen molar-refractivity contribution in [1.29, 1.82) is 0 Å². The number of carbonyl (C=O) groups is 2. The minimum Gasteiger partial charge on any atom is -0.466 e. The van der Waals surface area contributed by atoms with Gasteiger partial charge in [0, 0.05) is 5.69 Å². The van der Waals surface area contributed by atoms with Crippen molar-refractivity contribution in [2.75, 3.05) is 19.5 Å². The third kappa shape index (κ3) is 2.98. The van der Waals surface area contributed by atoms with Gasteiger partial charge in [0.25, 0.3) is 0 Å². The Kier molecular flexibility index (Phi) is 3.88. The van der Waals surface area contributed by atoms with E-state index in [1.165, 1.54) is 7.11 Å². The van der Waals surface area contributed by atoms with E-state index in [4.69, 9.17) is 10.5 Å². The maximum absolute atomic E-state index is 11.5. The number of nitrogens with two attached hydrogens (primary N) is 1. The van der Waals surface area contributed by atoms with Gasteiger partial charge in [0.2, 0.25) is 0 Å². The first-order chi connectivity index (χ1) is 7.54. The second-order valence-corrected chi connectivity index (χ2v) is 3.22. The molecule has 0 aromatic heterocycles. The number of ether oxygens (including phenoxy) is 2. The maximum Gasteiger partial charge on any atom is 0.344 e. The molecule has 86 valence electrons. The predicted octanol–water partition coefficient (Wildman–Crippen LogP) is 0.907. The van der Waals surface area contributed by atoms with Gasteiger partial charge in [0.1, 0.15) is 0 Å². The van der Waals surface area contributed by atoms with Crippen molar-refractivity contribution >= 4 is 17.6 Å². The van der Waals surface area contributed by atoms with Gasteiger partial charge in [-0.25, -0.2) is 9.59 Å². The van der Waals surface area contributed by atoms with Gasteiger partial charge in [-0.05, 0) is 30.7 Å². The van der Waals surface area contributed by atoms with Crippen LogP contribution in [0.25, 0.3) is 0 Å². The Labute approximate surface area is 93.1 Å². The van der Waals surface area contributed by atoms with E-state index in [0.29, 0.717) is 11.3 Å². The number of hydrogen-bond acceptors (Lipinski definition) is 5. The van der Waals surface area contributed by atoms with Gasteiger partial charge in [-0.1, -0.05) is 0 Å². The van der Waals surface area contributed by atoms with Crippen LogP contribution in [0.2, 0.25) is 0 Å². The van der Waals surface area contributed by atoms with Crippen molar-refractivity contribution < 1.29 is 19.1 Å². The third-order valence-electron chi connectivity index (χ3n) is 2.05. The minimum absolute atomic E-state index is 0.357. The highest BCUT2D eigenvalue weighted by atomic mass is 16.6. The van der Waals surface area contributed by atoms with Gasteiger partial charge in [-0.3, -0.25) is 0 Å². The molecule has 0 aliphatic heterocycles. The van der Waals surface area contributed by atoms with Gasteiger partial charge in [0.15, 0.2) is 6.61 Å². The van der Waals surface area contributed by atoms with Crippen LogP contribution in [-0.4, -0.2) is 25.7 Å². The highest BCUT2D eigenvalue weighted by Gasteiger charge is 2.10. The Morgan fingerprint density at radius 2 is 2.06 bits per heavy atom. The zero-order valence-corrected chi connectivity index (χ0v) is 9.15. The molecule has 5 heteroatoms. The van der Waals surface area contributed by atoms with E-state index in [0.717, 1.165) is 5.56 Å². The Morgan fingerprint density at radius 3 is 2.62 bits per heavy atom. The minimum atomic E-state index is -0.597. The number of nitrogen functional groups attached to an aromatic ring is 1. The van der Waals surface area contributed by atoms with E-state index in [-0.39, 0.29) is 0 Å². The molecule has 0 atom stereocenters. The summed E-state index contributed by atoms with van der Waals surface area (Å²) in [6.07, 6.45) is 0. The zero-order chi connectivity index (χ0) is 12.1. The number of esters is 2. The second-order valence-electron chi connectivity index (χ2n) is 3.22. The third-order valence-corrected chi connectivity index (χ3v) is 2.05. The predicted molar refractivity (Wildman–Crippen MR) is 57.9 cm³/mol. The van der Waals surface area contributed by atoms with E-state index in [1.54, 1.807) is 25.1 Å². The van der Waals surface area contributed by atoms with Gasteiger partial charge >= 0.3 is 11.9 Å². The number of methoxy groups -OCH3 is 1. The molecule has 1 aromatic carbocycles. The Bertz CT molecular complexity index is 414. The first-order valence-corrected chi connectivity index (χ1v) is 4.64. The molecule has 0 heterocycles. The van der Waals surface area contributed by atoms with Gasteiger partial charge in [0.05, 0.1) is 12.7 Å². The monoisotopic (exact) mass is 223 g/mol. The van der Waals surface area contributed by atoms with Crippen LogP contribution >= 0.6 is 0 Å². The first-order valence-electron chi connectivity index (χ1n) is 4.64. The highest BCUT2D eigenvalue weighted by Crippen LogP contribution is 2.13. The number of benzene rings is 1. The average molecular weight is 223 g/mol. The van der Waals surface area contributed by atoms with Crippen LogP contribution in [0.4, 0.5) is 5.69 Å². The molecule has 0 aliphatic rings. The van der Waals surface area contributed by atoms with E-state index in [9.17, 15) is 9.59 Å². The SMILES string of the molecule is COC(=O)COC(=O)c1ccc(N)c(C)c1. The van der Waals surface area contributed by atoms with Crippen LogP contribution in [-0.2, 0) is 14.3 Å². The molecule has 0 radical (unpaired) electrons. The number of aryl methyl sites for hydroxylation is 1. The molecule has 1 rings (SSSR count). The standard InChI is InChI=1S/C11H13NO4/c1-7-5-8(3-4-9(7)12)11(14)16-6-10(13)15-2/h3-5H,6,12H2,1-2H3. The summed E-state index contributed by atoms with van der Waals surface area (Å²) in [5.41, 5.74) is 7.35. The molecule has 0 bridgehead atoms. The summed E-state index contributed by atoms with van der Waals surface area (Å²) < 4.78 is 9.06. The lowest BCUT2D eigenvalue weighted by atomic mass is 10.1. The highest BCUT2D eigenvalue weighted by molar-refractivity contribution is 5.91. The largest absolute Gasteiger partial charge is 0.466 e. The molecule has 16 heavy (non-hydrogen) atoms. The smallest absolute Gasteiger partial charge is 0.344 e. The second kappa shape index (κ2) is 5.16. The van der Waals surface area contributed by atoms with Crippen LogP contribution in [0, 0.1) is 6.92 Å². The first kappa shape index (κ1) is 12.0. The fourth-order valence-electron chi connectivity index (χ4n) is 1.07. The van der Waals surface area contributed by atoms with Crippen molar-refractivity contribution in [2.45, 2.75) is 6.92 Å². The van der Waals surface area contributed by atoms with Crippen LogP contribution in [0.1, 0.15) is 15.9 Å². The number of carbonyl (C=O) groups excluding carboxylic acids is 2. The summed E-state index contributed by atoms with van der Waals surface area (Å²) in [6.45, 7) is 1.39. The molecule has 0 aliphatic carbocycles. The summed E-state index contributed by atoms with van der Waals surface area (Å²) in [4.78, 5) is 22.2. The van der Waals surface area contributed by atoms with Gasteiger partial charge in [-0.2, -0.15) is 0 Å². The molecular formula is C11H13NO4. The van der Waals surface area contributed by atoms with Crippen molar-refractivity contribution in [3.05, 3.63) is 29.3 Å². The van der Waals surface area contributed by atoms with Crippen molar-refractivity contribution in [1.82, 2.24) is 0 Å². The molecule has 0 amide bonds. The van der Waals surface area contributed by atoms with E-state index < -0.39 is 18.5 Å². The summed E-state index contributed by atoms with van der Waals surface area (Å²) in [7, 11) is 1.23. The fraction of sp³-hybridized carbons (Fsp3) is 0.273. The molecule has 0 unspecified atom stereocenters. The lowest BCUT2D eigenvalue weighted by Gasteiger charge is -2.05. The Morgan fingerprint density at radius 1 is 1.38 bits per heavy atom. The molecule has 0 saturated heterocycles. The average Bonchev–Trinajstić information content (AvgIpc) is 2.29. The van der Waals surface area contributed by atoms with Crippen LogP contribution in [0.5, 0.6) is 0 Å². The maximum atomic E-state index is 11.5. The molecular weight excluding hydrogens is 210 g/mol. The number of rotatable bonds is 3. The van der Waals surface area contributed by atoms with Crippen molar-refractivity contribution in [2.24, 2.45) is 0 Å². The fourth-order valence-corrected chi connectivity index (χ4v) is 1.07. The molecule has 5 nitrogen and oxygen atoms in total. The molecule has 0 spiro atoms. The summed E-state index contributed by atoms with van der Waals surface area (Å²) in [6, 6.07) is 4.76. The summed E-state index contributed by atoms with van der Waals surface area (Å²) >= 11 is 0.